The van der Waals surface area contributed by atoms with Crippen molar-refractivity contribution < 1.29 is 33.3 Å². The first-order valence-electron chi connectivity index (χ1n) is 12.7. The molecule has 0 radical (unpaired) electrons. The molecule has 7 nitrogen and oxygen atoms in total. The van der Waals surface area contributed by atoms with Gasteiger partial charge in [0.15, 0.2) is 0 Å². The lowest BCUT2D eigenvalue weighted by molar-refractivity contribution is -0.175. The van der Waals surface area contributed by atoms with Crippen LogP contribution < -0.4 is 0 Å². The lowest BCUT2D eigenvalue weighted by Crippen LogP contribution is -2.59. The number of allylic oxidation sites excluding steroid dienone is 1. The Bertz CT molecular complexity index is 1150. The van der Waals surface area contributed by atoms with Crippen molar-refractivity contribution >= 4 is 17.9 Å². The lowest BCUT2D eigenvalue weighted by Gasteiger charge is -2.51. The average Bonchev–Trinajstić information content (AvgIpc) is 3.42. The van der Waals surface area contributed by atoms with E-state index in [9.17, 15) is 14.4 Å². The van der Waals surface area contributed by atoms with Crippen molar-refractivity contribution in [1.29, 1.82) is 0 Å². The summed E-state index contributed by atoms with van der Waals surface area (Å²) >= 11 is 0. The fraction of sp³-hybridized carbons (Fsp3) is 0.552. The van der Waals surface area contributed by atoms with E-state index in [1.807, 2.05) is 19.1 Å². The molecule has 2 aliphatic carbocycles. The molecule has 2 heterocycles. The third-order valence-electron chi connectivity index (χ3n) is 8.83. The van der Waals surface area contributed by atoms with Crippen LogP contribution >= 0.6 is 0 Å². The van der Waals surface area contributed by atoms with Gasteiger partial charge in [0.2, 0.25) is 0 Å². The predicted octanol–water partition coefficient (Wildman–Crippen LogP) is 4.70. The van der Waals surface area contributed by atoms with Gasteiger partial charge >= 0.3 is 17.9 Å². The van der Waals surface area contributed by atoms with E-state index in [4.69, 9.17) is 18.9 Å². The summed E-state index contributed by atoms with van der Waals surface area (Å²) in [6.45, 7) is 9.35. The van der Waals surface area contributed by atoms with Crippen molar-refractivity contribution in [3.8, 4) is 0 Å². The highest BCUT2D eigenvalue weighted by atomic mass is 16.6. The zero-order chi connectivity index (χ0) is 25.8. The Morgan fingerprint density at radius 3 is 2.47 bits per heavy atom. The molecule has 1 aromatic carbocycles. The predicted molar refractivity (Wildman–Crippen MR) is 131 cm³/mol. The van der Waals surface area contributed by atoms with Crippen molar-refractivity contribution in [3.05, 3.63) is 58.7 Å². The number of ether oxygens (including phenoxy) is 4. The maximum Gasteiger partial charge on any atom is 0.338 e. The molecule has 7 atom stereocenters. The number of fused-ring (bicyclic) bond motifs is 4. The molecule has 0 aromatic heterocycles. The van der Waals surface area contributed by atoms with Crippen molar-refractivity contribution in [2.75, 3.05) is 0 Å². The van der Waals surface area contributed by atoms with Crippen molar-refractivity contribution in [2.24, 2.45) is 11.3 Å². The van der Waals surface area contributed by atoms with E-state index in [0.717, 1.165) is 11.1 Å². The molecule has 0 N–H and O–H groups in total. The SMILES string of the molecule is CC(=O)O[C@H]1C[C@@H]2O[C@]2(C)[C@@H]2CC3=C(C)C(=O)O[C@H]3C=C(C)CC[C@H](OC(=O)c3ccccc3)[C@@]12C. The topological polar surface area (TPSA) is 91.4 Å². The second-order valence-electron chi connectivity index (χ2n) is 11.0. The second kappa shape index (κ2) is 8.87. The molecule has 2 fully saturated rings. The van der Waals surface area contributed by atoms with E-state index in [-0.39, 0.29) is 24.0 Å². The quantitative estimate of drug-likeness (QED) is 0.260. The zero-order valence-corrected chi connectivity index (χ0v) is 21.5. The molecule has 7 heteroatoms. The molecule has 2 aliphatic heterocycles. The third kappa shape index (κ3) is 4.07. The Labute approximate surface area is 211 Å². The molecule has 36 heavy (non-hydrogen) atoms. The van der Waals surface area contributed by atoms with Gasteiger partial charge in [0.25, 0.3) is 0 Å². The number of carbonyl (C=O) groups excluding carboxylic acids is 3. The molecule has 0 amide bonds. The van der Waals surface area contributed by atoms with E-state index < -0.39 is 35.3 Å². The van der Waals surface area contributed by atoms with Crippen LogP contribution in [0.5, 0.6) is 0 Å². The lowest BCUT2D eigenvalue weighted by atomic mass is 9.56. The highest BCUT2D eigenvalue weighted by Crippen LogP contribution is 2.63. The largest absolute Gasteiger partial charge is 0.462 e. The molecule has 1 saturated carbocycles. The van der Waals surface area contributed by atoms with Gasteiger partial charge in [-0.1, -0.05) is 30.7 Å². The van der Waals surface area contributed by atoms with Gasteiger partial charge in [-0.25, -0.2) is 9.59 Å². The molecular formula is C29H34O7. The Morgan fingerprint density at radius 2 is 1.78 bits per heavy atom. The summed E-state index contributed by atoms with van der Waals surface area (Å²) in [6, 6.07) is 8.94. The number of benzene rings is 1. The monoisotopic (exact) mass is 494 g/mol. The van der Waals surface area contributed by atoms with Gasteiger partial charge < -0.3 is 18.9 Å². The summed E-state index contributed by atoms with van der Waals surface area (Å²) in [5.41, 5.74) is 1.82. The van der Waals surface area contributed by atoms with Crippen LogP contribution in [0.1, 0.15) is 70.7 Å². The number of rotatable bonds is 3. The smallest absolute Gasteiger partial charge is 0.338 e. The fourth-order valence-electron chi connectivity index (χ4n) is 6.59. The van der Waals surface area contributed by atoms with Crippen molar-refractivity contribution in [3.63, 3.8) is 0 Å². The summed E-state index contributed by atoms with van der Waals surface area (Å²) in [7, 11) is 0. The van der Waals surface area contributed by atoms with Crippen LogP contribution in [-0.2, 0) is 28.5 Å². The van der Waals surface area contributed by atoms with Gasteiger partial charge in [0, 0.05) is 30.3 Å². The molecule has 192 valence electrons. The summed E-state index contributed by atoms with van der Waals surface area (Å²) < 4.78 is 24.2. The summed E-state index contributed by atoms with van der Waals surface area (Å²) in [5.74, 6) is -1.26. The molecule has 1 aromatic rings. The van der Waals surface area contributed by atoms with Gasteiger partial charge in [-0.15, -0.1) is 0 Å². The average molecular weight is 495 g/mol. The van der Waals surface area contributed by atoms with Gasteiger partial charge in [-0.3, -0.25) is 4.79 Å². The van der Waals surface area contributed by atoms with E-state index in [1.54, 1.807) is 31.2 Å². The van der Waals surface area contributed by atoms with E-state index >= 15 is 0 Å². The van der Waals surface area contributed by atoms with Crippen LogP contribution in [0.25, 0.3) is 0 Å². The number of hydrogen-bond acceptors (Lipinski definition) is 7. The Kier molecular flexibility index (Phi) is 6.10. The van der Waals surface area contributed by atoms with Gasteiger partial charge in [-0.2, -0.15) is 0 Å². The molecule has 1 saturated heterocycles. The molecule has 5 rings (SSSR count). The van der Waals surface area contributed by atoms with Gasteiger partial charge in [0.05, 0.1) is 17.3 Å². The van der Waals surface area contributed by atoms with Crippen LogP contribution in [0, 0.1) is 11.3 Å². The summed E-state index contributed by atoms with van der Waals surface area (Å²) in [5, 5.41) is 0. The van der Waals surface area contributed by atoms with Gasteiger partial charge in [0.1, 0.15) is 18.3 Å². The number of carbonyl (C=O) groups is 3. The highest BCUT2D eigenvalue weighted by Gasteiger charge is 2.71. The zero-order valence-electron chi connectivity index (χ0n) is 21.5. The third-order valence-corrected chi connectivity index (χ3v) is 8.83. The molecule has 4 aliphatic rings. The van der Waals surface area contributed by atoms with Crippen molar-refractivity contribution in [2.45, 2.75) is 90.3 Å². The minimum absolute atomic E-state index is 0.0667. The molecule has 0 bridgehead atoms. The van der Waals surface area contributed by atoms with Crippen LogP contribution in [0.2, 0.25) is 0 Å². The van der Waals surface area contributed by atoms with Crippen LogP contribution in [0.3, 0.4) is 0 Å². The number of hydrogen-bond donors (Lipinski definition) is 0. The van der Waals surface area contributed by atoms with E-state index in [0.29, 0.717) is 36.8 Å². The fourth-order valence-corrected chi connectivity index (χ4v) is 6.59. The summed E-state index contributed by atoms with van der Waals surface area (Å²) in [6.07, 6.45) is 2.72. The Hall–Kier alpha value is -2.93. The van der Waals surface area contributed by atoms with E-state index in [1.165, 1.54) is 6.92 Å². The first kappa shape index (κ1) is 24.8. The molecule has 0 spiro atoms. The van der Waals surface area contributed by atoms with Crippen LogP contribution in [0.15, 0.2) is 53.1 Å². The Balaban J connectivity index is 1.62. The first-order chi connectivity index (χ1) is 17.0. The number of epoxide rings is 1. The molecular weight excluding hydrogens is 460 g/mol. The maximum absolute atomic E-state index is 13.3. The Morgan fingerprint density at radius 1 is 1.06 bits per heavy atom. The summed E-state index contributed by atoms with van der Waals surface area (Å²) in [4.78, 5) is 38.1. The standard InChI is InChI=1S/C29H34O7/c1-16-11-12-23(35-27(32)19-9-7-6-8-10-19)28(4)22(14-20-17(2)26(31)34-21(20)13-16)29(5)25(36-29)15-24(28)33-18(3)30/h6-10,13,21-25H,11-12,14-15H2,1-5H3/t21-,22+,23-,24-,25-,28-,29+/m0/s1. The molecule has 0 unspecified atom stereocenters. The minimum atomic E-state index is -0.751. The van der Waals surface area contributed by atoms with E-state index in [2.05, 4.69) is 13.8 Å². The second-order valence-corrected chi connectivity index (χ2v) is 11.0. The maximum atomic E-state index is 13.3. The number of esters is 3. The minimum Gasteiger partial charge on any atom is -0.462 e. The van der Waals surface area contributed by atoms with Crippen LogP contribution in [-0.4, -0.2) is 47.9 Å². The normalized spacial score (nSPS) is 37.5. The highest BCUT2D eigenvalue weighted by molar-refractivity contribution is 5.92. The van der Waals surface area contributed by atoms with Gasteiger partial charge in [-0.05, 0) is 63.8 Å². The van der Waals surface area contributed by atoms with Crippen LogP contribution in [0.4, 0.5) is 0 Å². The van der Waals surface area contributed by atoms with Crippen molar-refractivity contribution in [1.82, 2.24) is 0 Å². The first-order valence-corrected chi connectivity index (χ1v) is 12.7.